The summed E-state index contributed by atoms with van der Waals surface area (Å²) in [6, 6.07) is 19.6. The summed E-state index contributed by atoms with van der Waals surface area (Å²) in [6.45, 7) is 2.79. The van der Waals surface area contributed by atoms with Gasteiger partial charge in [-0.05, 0) is 29.7 Å². The molecule has 126 valence electrons. The van der Waals surface area contributed by atoms with E-state index < -0.39 is 0 Å². The lowest BCUT2D eigenvalue weighted by atomic mass is 10.0. The Labute approximate surface area is 149 Å². The van der Waals surface area contributed by atoms with Gasteiger partial charge in [0.15, 0.2) is 0 Å². The van der Waals surface area contributed by atoms with E-state index in [4.69, 9.17) is 15.3 Å². The Morgan fingerprint density at radius 3 is 2.48 bits per heavy atom. The fourth-order valence-corrected chi connectivity index (χ4v) is 2.35. The zero-order valence-electron chi connectivity index (χ0n) is 14.3. The summed E-state index contributed by atoms with van der Waals surface area (Å²) in [4.78, 5) is 0. The molecule has 0 aliphatic rings. The maximum absolute atomic E-state index is 8.89. The van der Waals surface area contributed by atoms with Gasteiger partial charge in [-0.3, -0.25) is 0 Å². The van der Waals surface area contributed by atoms with Crippen molar-refractivity contribution in [2.75, 3.05) is 11.9 Å². The molecule has 1 N–H and O–H groups in total. The van der Waals surface area contributed by atoms with E-state index in [0.717, 1.165) is 36.1 Å². The highest BCUT2D eigenvalue weighted by Gasteiger charge is 2.07. The molecule has 0 aliphatic heterocycles. The first-order valence-electron chi connectivity index (χ1n) is 8.37. The van der Waals surface area contributed by atoms with Gasteiger partial charge in [0.2, 0.25) is 0 Å². The van der Waals surface area contributed by atoms with Gasteiger partial charge < -0.3 is 10.1 Å². The molecule has 0 heterocycles. The van der Waals surface area contributed by atoms with Crippen LogP contribution in [-0.2, 0) is 0 Å². The number of hydrogen-bond acceptors (Lipinski definition) is 4. The molecule has 0 spiro atoms. The molecule has 0 saturated heterocycles. The third kappa shape index (κ3) is 5.41. The SMILES string of the molecule is CCCCCOc1ccc(-c2ccccc2)cc1NC=C(C#N)C#N. The Hall–Kier alpha value is -3.24. The number of nitriles is 2. The van der Waals surface area contributed by atoms with E-state index in [-0.39, 0.29) is 5.57 Å². The summed E-state index contributed by atoms with van der Waals surface area (Å²) in [6.07, 6.45) is 4.66. The minimum atomic E-state index is 0.0158. The Morgan fingerprint density at radius 2 is 1.80 bits per heavy atom. The van der Waals surface area contributed by atoms with E-state index >= 15 is 0 Å². The molecule has 0 atom stereocenters. The first-order chi connectivity index (χ1) is 12.3. The van der Waals surface area contributed by atoms with Crippen molar-refractivity contribution in [2.24, 2.45) is 0 Å². The number of hydrogen-bond donors (Lipinski definition) is 1. The molecule has 2 aromatic rings. The van der Waals surface area contributed by atoms with Crippen LogP contribution in [0.15, 0.2) is 60.3 Å². The molecule has 0 aliphatic carbocycles. The zero-order chi connectivity index (χ0) is 17.9. The molecule has 2 rings (SSSR count). The highest BCUT2D eigenvalue weighted by molar-refractivity contribution is 5.72. The fraction of sp³-hybridized carbons (Fsp3) is 0.238. The highest BCUT2D eigenvalue weighted by atomic mass is 16.5. The van der Waals surface area contributed by atoms with Crippen LogP contribution in [-0.4, -0.2) is 6.61 Å². The summed E-state index contributed by atoms with van der Waals surface area (Å²) in [7, 11) is 0. The highest BCUT2D eigenvalue weighted by Crippen LogP contribution is 2.31. The van der Waals surface area contributed by atoms with Crippen LogP contribution in [0.25, 0.3) is 11.1 Å². The molecular formula is C21H21N3O. The molecule has 0 saturated carbocycles. The van der Waals surface area contributed by atoms with E-state index in [0.29, 0.717) is 12.4 Å². The van der Waals surface area contributed by atoms with Crippen LogP contribution in [0.3, 0.4) is 0 Å². The van der Waals surface area contributed by atoms with Crippen LogP contribution in [0, 0.1) is 22.7 Å². The van der Waals surface area contributed by atoms with Gasteiger partial charge in [0.05, 0.1) is 12.3 Å². The average Bonchev–Trinajstić information content (AvgIpc) is 2.67. The maximum atomic E-state index is 8.89. The summed E-state index contributed by atoms with van der Waals surface area (Å²) in [5.74, 6) is 0.710. The lowest BCUT2D eigenvalue weighted by molar-refractivity contribution is 0.308. The van der Waals surface area contributed by atoms with Crippen LogP contribution < -0.4 is 10.1 Å². The van der Waals surface area contributed by atoms with Crippen LogP contribution in [0.4, 0.5) is 5.69 Å². The number of unbranched alkanes of at least 4 members (excludes halogenated alkanes) is 2. The van der Waals surface area contributed by atoms with Crippen molar-refractivity contribution in [1.82, 2.24) is 0 Å². The maximum Gasteiger partial charge on any atom is 0.145 e. The zero-order valence-corrected chi connectivity index (χ0v) is 14.3. The third-order valence-electron chi connectivity index (χ3n) is 3.71. The number of nitrogens with one attached hydrogen (secondary N) is 1. The first kappa shape index (κ1) is 18.1. The first-order valence-corrected chi connectivity index (χ1v) is 8.37. The Morgan fingerprint density at radius 1 is 1.04 bits per heavy atom. The van der Waals surface area contributed by atoms with E-state index in [1.54, 1.807) is 0 Å². The van der Waals surface area contributed by atoms with Gasteiger partial charge in [-0.25, -0.2) is 0 Å². The molecule has 0 radical (unpaired) electrons. The van der Waals surface area contributed by atoms with Crippen molar-refractivity contribution in [3.8, 4) is 29.0 Å². The lowest BCUT2D eigenvalue weighted by Gasteiger charge is -2.13. The van der Waals surface area contributed by atoms with Crippen LogP contribution in [0.1, 0.15) is 26.2 Å². The van der Waals surface area contributed by atoms with Crippen LogP contribution in [0.2, 0.25) is 0 Å². The predicted molar refractivity (Wildman–Crippen MR) is 99.8 cm³/mol. The van der Waals surface area contributed by atoms with E-state index in [1.165, 1.54) is 6.20 Å². The van der Waals surface area contributed by atoms with E-state index in [2.05, 4.69) is 12.2 Å². The van der Waals surface area contributed by atoms with Crippen molar-refractivity contribution in [1.29, 1.82) is 10.5 Å². The quantitative estimate of drug-likeness (QED) is 0.529. The van der Waals surface area contributed by atoms with Crippen molar-refractivity contribution in [2.45, 2.75) is 26.2 Å². The molecule has 4 heteroatoms. The molecule has 4 nitrogen and oxygen atoms in total. The van der Waals surface area contributed by atoms with Crippen molar-refractivity contribution in [3.63, 3.8) is 0 Å². The van der Waals surface area contributed by atoms with E-state index in [1.807, 2.05) is 60.7 Å². The summed E-state index contributed by atoms with van der Waals surface area (Å²) in [5.41, 5.74) is 2.88. The number of rotatable bonds is 8. The summed E-state index contributed by atoms with van der Waals surface area (Å²) in [5, 5.41) is 20.8. The van der Waals surface area contributed by atoms with Crippen molar-refractivity contribution < 1.29 is 4.74 Å². The van der Waals surface area contributed by atoms with Gasteiger partial charge in [0.25, 0.3) is 0 Å². The normalized spacial score (nSPS) is 9.56. The second-order valence-corrected chi connectivity index (χ2v) is 5.56. The number of anilines is 1. The molecule has 0 aromatic heterocycles. The molecular weight excluding hydrogens is 310 g/mol. The topological polar surface area (TPSA) is 68.8 Å². The van der Waals surface area contributed by atoms with Gasteiger partial charge in [-0.1, -0.05) is 56.2 Å². The fourth-order valence-electron chi connectivity index (χ4n) is 2.35. The number of nitrogens with zero attached hydrogens (tertiary/aromatic N) is 2. The van der Waals surface area contributed by atoms with Crippen LogP contribution >= 0.6 is 0 Å². The van der Waals surface area contributed by atoms with Crippen molar-refractivity contribution >= 4 is 5.69 Å². The van der Waals surface area contributed by atoms with Gasteiger partial charge in [-0.15, -0.1) is 0 Å². The molecule has 0 fully saturated rings. The Balaban J connectivity index is 2.27. The number of benzene rings is 2. The van der Waals surface area contributed by atoms with E-state index in [9.17, 15) is 0 Å². The standard InChI is InChI=1S/C21H21N3O/c1-2-3-7-12-25-21-11-10-19(18-8-5-4-6-9-18)13-20(21)24-16-17(14-22)15-23/h4-6,8-11,13,16,24H,2-3,7,12H2,1H3. The smallest absolute Gasteiger partial charge is 0.145 e. The molecule has 25 heavy (non-hydrogen) atoms. The molecule has 0 unspecified atom stereocenters. The molecule has 2 aromatic carbocycles. The monoisotopic (exact) mass is 331 g/mol. The third-order valence-corrected chi connectivity index (χ3v) is 3.71. The van der Waals surface area contributed by atoms with Gasteiger partial charge >= 0.3 is 0 Å². The summed E-state index contributed by atoms with van der Waals surface area (Å²) >= 11 is 0. The van der Waals surface area contributed by atoms with Gasteiger partial charge in [0, 0.05) is 6.20 Å². The second-order valence-electron chi connectivity index (χ2n) is 5.56. The second kappa shape index (κ2) is 9.80. The predicted octanol–water partition coefficient (Wildman–Crippen LogP) is 5.27. The molecule has 0 bridgehead atoms. The molecule has 0 amide bonds. The number of ether oxygens (including phenoxy) is 1. The van der Waals surface area contributed by atoms with Gasteiger partial charge in [-0.2, -0.15) is 10.5 Å². The minimum Gasteiger partial charge on any atom is -0.491 e. The average molecular weight is 331 g/mol. The van der Waals surface area contributed by atoms with Crippen molar-refractivity contribution in [3.05, 3.63) is 60.3 Å². The largest absolute Gasteiger partial charge is 0.491 e. The van der Waals surface area contributed by atoms with Crippen LogP contribution in [0.5, 0.6) is 5.75 Å². The lowest BCUT2D eigenvalue weighted by Crippen LogP contribution is -2.01. The minimum absolute atomic E-state index is 0.0158. The Kier molecular flexibility index (Phi) is 7.10. The number of allylic oxidation sites excluding steroid dienone is 1. The Bertz CT molecular complexity index is 782. The summed E-state index contributed by atoms with van der Waals surface area (Å²) < 4.78 is 5.87. The van der Waals surface area contributed by atoms with Gasteiger partial charge in [0.1, 0.15) is 23.5 Å².